The van der Waals surface area contributed by atoms with E-state index in [1.165, 1.54) is 4.52 Å². The van der Waals surface area contributed by atoms with Crippen molar-refractivity contribution in [1.29, 1.82) is 0 Å². The standard InChI is InChI=1S/C26H22F3N7O2/c1-35-17-9-14(18-13(23(35)37)3-4-15(27)21(18)38-25(28)29)19-20(17)34-36-8-5-16(33-22(19)36)12-10-31-24(32-11-12)26(30)6-2-7-26/h3-5,8,10-11,14,17,25H,2,6-7,9,30H2,1H3/t14-,17-/m1/s1/i1D3. The van der Waals surface area contributed by atoms with Gasteiger partial charge >= 0.3 is 6.61 Å². The van der Waals surface area contributed by atoms with Gasteiger partial charge in [0.05, 0.1) is 23.0 Å². The first-order valence-corrected chi connectivity index (χ1v) is 12.1. The second-order valence-corrected chi connectivity index (χ2v) is 9.88. The van der Waals surface area contributed by atoms with Gasteiger partial charge in [-0.2, -0.15) is 13.9 Å². The van der Waals surface area contributed by atoms with Crippen LogP contribution >= 0.6 is 0 Å². The molecule has 7 rings (SSSR count). The molecule has 9 nitrogen and oxygen atoms in total. The van der Waals surface area contributed by atoms with Crippen molar-refractivity contribution >= 4 is 11.6 Å². The first-order valence-electron chi connectivity index (χ1n) is 13.6. The second-order valence-electron chi connectivity index (χ2n) is 9.88. The third-order valence-electron chi connectivity index (χ3n) is 7.78. The van der Waals surface area contributed by atoms with Crippen LogP contribution in [-0.4, -0.2) is 49.0 Å². The molecular weight excluding hydrogens is 499 g/mol. The predicted molar refractivity (Wildman–Crippen MR) is 128 cm³/mol. The zero-order valence-corrected chi connectivity index (χ0v) is 19.7. The fraction of sp³-hybridized carbons (Fsp3) is 0.346. The molecule has 2 atom stereocenters. The lowest BCUT2D eigenvalue weighted by molar-refractivity contribution is -0.0529. The van der Waals surface area contributed by atoms with Gasteiger partial charge in [0.2, 0.25) is 0 Å². The molecule has 194 valence electrons. The number of nitrogens with zero attached hydrogens (tertiary/aromatic N) is 6. The Morgan fingerprint density at radius 1 is 1.21 bits per heavy atom. The Morgan fingerprint density at radius 2 is 2.00 bits per heavy atom. The van der Waals surface area contributed by atoms with Crippen molar-refractivity contribution in [3.05, 3.63) is 70.8 Å². The number of rotatable bonds is 4. The summed E-state index contributed by atoms with van der Waals surface area (Å²) >= 11 is 0. The molecule has 3 aromatic heterocycles. The van der Waals surface area contributed by atoms with Crippen LogP contribution in [0.15, 0.2) is 36.8 Å². The molecule has 2 bridgehead atoms. The van der Waals surface area contributed by atoms with Gasteiger partial charge in [-0.3, -0.25) is 4.79 Å². The Balaban J connectivity index is 1.42. The first-order chi connectivity index (χ1) is 19.5. The third-order valence-corrected chi connectivity index (χ3v) is 7.78. The lowest BCUT2D eigenvalue weighted by atomic mass is 9.77. The summed E-state index contributed by atoms with van der Waals surface area (Å²) in [5.74, 6) is -3.22. The van der Waals surface area contributed by atoms with Crippen LogP contribution < -0.4 is 10.5 Å². The molecule has 3 aliphatic rings. The number of nitrogens with two attached hydrogens (primary N) is 1. The molecule has 1 amide bonds. The highest BCUT2D eigenvalue weighted by atomic mass is 19.3. The summed E-state index contributed by atoms with van der Waals surface area (Å²) in [4.78, 5) is 27.9. The normalized spacial score (nSPS) is 22.8. The van der Waals surface area contributed by atoms with Crippen LogP contribution in [0.5, 0.6) is 5.75 Å². The number of halogens is 3. The van der Waals surface area contributed by atoms with Gasteiger partial charge in [-0.05, 0) is 43.9 Å². The number of hydrogen-bond donors (Lipinski definition) is 1. The van der Waals surface area contributed by atoms with Crippen LogP contribution in [0, 0.1) is 5.82 Å². The van der Waals surface area contributed by atoms with Gasteiger partial charge in [-0.1, -0.05) is 0 Å². The average Bonchev–Trinajstić information content (AvgIpc) is 3.40. The van der Waals surface area contributed by atoms with Crippen LogP contribution in [0.2, 0.25) is 0 Å². The number of carbonyl (C=O) groups is 1. The highest BCUT2D eigenvalue weighted by molar-refractivity contribution is 5.98. The summed E-state index contributed by atoms with van der Waals surface area (Å²) < 4.78 is 72.1. The Morgan fingerprint density at radius 3 is 2.68 bits per heavy atom. The largest absolute Gasteiger partial charge is 0.431 e. The predicted octanol–water partition coefficient (Wildman–Crippen LogP) is 3.93. The summed E-state index contributed by atoms with van der Waals surface area (Å²) in [7, 11) is 0. The molecule has 2 N–H and O–H groups in total. The lowest BCUT2D eigenvalue weighted by Crippen LogP contribution is -2.44. The molecule has 1 fully saturated rings. The Labute approximate surface area is 218 Å². The topological polar surface area (TPSA) is 112 Å². The van der Waals surface area contributed by atoms with Crippen molar-refractivity contribution in [2.45, 2.75) is 49.8 Å². The lowest BCUT2D eigenvalue weighted by Gasteiger charge is -2.36. The van der Waals surface area contributed by atoms with E-state index in [-0.39, 0.29) is 23.2 Å². The third kappa shape index (κ3) is 3.19. The molecule has 4 heterocycles. The maximum Gasteiger partial charge on any atom is 0.387 e. The van der Waals surface area contributed by atoms with Crippen molar-refractivity contribution in [1.82, 2.24) is 29.5 Å². The SMILES string of the molecule is [2H]C([2H])([2H])N1C(=O)c2ccc(F)c(OC(F)F)c2[C@H]2C[C@@H]1c1nn3ccc(-c4cnc(C5(N)CCC5)nc4)nc3c12. The van der Waals surface area contributed by atoms with Crippen molar-refractivity contribution in [3.63, 3.8) is 0 Å². The van der Waals surface area contributed by atoms with E-state index >= 15 is 0 Å². The van der Waals surface area contributed by atoms with Gasteiger partial charge in [0.25, 0.3) is 5.91 Å². The minimum absolute atomic E-state index is 0.0311. The number of aromatic nitrogens is 5. The van der Waals surface area contributed by atoms with Crippen molar-refractivity contribution in [2.24, 2.45) is 5.73 Å². The van der Waals surface area contributed by atoms with Crippen LogP contribution in [0.4, 0.5) is 13.2 Å². The molecule has 1 saturated carbocycles. The van der Waals surface area contributed by atoms with E-state index in [9.17, 15) is 18.0 Å². The van der Waals surface area contributed by atoms with Gasteiger partial charge in [-0.15, -0.1) is 0 Å². The molecule has 0 unspecified atom stereocenters. The maximum atomic E-state index is 14.9. The first kappa shape index (κ1) is 20.0. The summed E-state index contributed by atoms with van der Waals surface area (Å²) in [6.07, 6.45) is 7.42. The molecule has 1 aliphatic heterocycles. The van der Waals surface area contributed by atoms with E-state index in [2.05, 4.69) is 19.8 Å². The molecule has 38 heavy (non-hydrogen) atoms. The zero-order valence-electron chi connectivity index (χ0n) is 22.7. The van der Waals surface area contributed by atoms with Gasteiger partial charge in [-0.25, -0.2) is 23.9 Å². The van der Waals surface area contributed by atoms with Gasteiger partial charge in [0, 0.05) is 57.9 Å². The number of ether oxygens (including phenoxy) is 1. The quantitative estimate of drug-likeness (QED) is 0.431. The maximum absolute atomic E-state index is 14.9. The summed E-state index contributed by atoms with van der Waals surface area (Å²) in [6, 6.07) is 2.54. The smallest absolute Gasteiger partial charge is 0.387 e. The number of benzene rings is 1. The van der Waals surface area contributed by atoms with E-state index < -0.39 is 48.6 Å². The molecule has 0 spiro atoms. The molecule has 4 aromatic rings. The van der Waals surface area contributed by atoms with E-state index in [0.717, 1.165) is 31.4 Å². The number of amides is 1. The van der Waals surface area contributed by atoms with Gasteiger partial charge in [0.15, 0.2) is 17.2 Å². The summed E-state index contributed by atoms with van der Waals surface area (Å²) in [5, 5.41) is 4.54. The molecule has 0 radical (unpaired) electrons. The van der Waals surface area contributed by atoms with Crippen LogP contribution in [0.3, 0.4) is 0 Å². The minimum Gasteiger partial charge on any atom is -0.431 e. The molecule has 2 aliphatic carbocycles. The minimum atomic E-state index is -3.38. The van der Waals surface area contributed by atoms with E-state index in [0.29, 0.717) is 33.2 Å². The van der Waals surface area contributed by atoms with E-state index in [1.807, 2.05) is 0 Å². The summed E-state index contributed by atoms with van der Waals surface area (Å²) in [5.41, 5.74) is 7.39. The Hall–Kier alpha value is -4.06. The van der Waals surface area contributed by atoms with Crippen molar-refractivity contribution in [3.8, 4) is 17.0 Å². The molecule has 0 saturated heterocycles. The van der Waals surface area contributed by atoms with Crippen LogP contribution in [0.1, 0.15) is 74.8 Å². The second kappa shape index (κ2) is 7.97. The number of fused-ring (bicyclic) bond motifs is 9. The fourth-order valence-electron chi connectivity index (χ4n) is 5.73. The molecule has 1 aromatic carbocycles. The van der Waals surface area contributed by atoms with Gasteiger partial charge in [0.1, 0.15) is 5.82 Å². The Bertz CT molecular complexity index is 1720. The van der Waals surface area contributed by atoms with Crippen molar-refractivity contribution < 1.29 is 26.8 Å². The average molecular weight is 525 g/mol. The fourth-order valence-corrected chi connectivity index (χ4v) is 5.73. The number of carbonyl (C=O) groups excluding carboxylic acids is 1. The van der Waals surface area contributed by atoms with Crippen LogP contribution in [0.25, 0.3) is 16.9 Å². The number of hydrogen-bond acceptors (Lipinski definition) is 7. The molecule has 12 heteroatoms. The molecular formula is C26H22F3N7O2. The van der Waals surface area contributed by atoms with Crippen molar-refractivity contribution in [2.75, 3.05) is 6.98 Å². The highest BCUT2D eigenvalue weighted by Gasteiger charge is 2.47. The van der Waals surface area contributed by atoms with E-state index in [4.69, 9.17) is 14.8 Å². The summed E-state index contributed by atoms with van der Waals surface area (Å²) in [6.45, 7) is -6.28. The van der Waals surface area contributed by atoms with Crippen LogP contribution in [-0.2, 0) is 5.54 Å². The monoisotopic (exact) mass is 524 g/mol. The van der Waals surface area contributed by atoms with Gasteiger partial charge < -0.3 is 15.4 Å². The van der Waals surface area contributed by atoms with E-state index in [1.54, 1.807) is 24.7 Å². The zero-order chi connectivity index (χ0) is 28.8. The number of alkyl halides is 2. The Kier molecular flexibility index (Phi) is 4.19. The highest BCUT2D eigenvalue weighted by Crippen LogP contribution is 2.53.